The molecular weight excluding hydrogens is 218 g/mol. The largest absolute Gasteiger partial charge is 0.872 e. The summed E-state index contributed by atoms with van der Waals surface area (Å²) in [7, 11) is 0. The van der Waals surface area contributed by atoms with E-state index in [0.29, 0.717) is 10.8 Å². The summed E-state index contributed by atoms with van der Waals surface area (Å²) in [6.07, 6.45) is 0. The maximum atomic E-state index is 11.8. The second kappa shape index (κ2) is 4.67. The third kappa shape index (κ3) is 2.26. The molecule has 0 aliphatic heterocycles. The molecule has 0 aliphatic rings. The number of hydroxylamine groups is 1. The summed E-state index contributed by atoms with van der Waals surface area (Å²) in [4.78, 5) is 11.8. The molecule has 1 N–H and O–H groups in total. The van der Waals surface area contributed by atoms with Crippen LogP contribution in [0, 0.1) is 0 Å². The monoisotopic (exact) mass is 228 g/mol. The van der Waals surface area contributed by atoms with Crippen molar-refractivity contribution in [1.29, 1.82) is 0 Å². The fourth-order valence-electron chi connectivity index (χ4n) is 1.44. The van der Waals surface area contributed by atoms with Crippen LogP contribution in [0.5, 0.6) is 5.75 Å². The Kier molecular flexibility index (Phi) is 3.07. The van der Waals surface area contributed by atoms with Crippen LogP contribution in [-0.4, -0.2) is 11.1 Å². The van der Waals surface area contributed by atoms with E-state index in [0.717, 1.165) is 0 Å². The SMILES string of the molecule is O=C(c1ccccc1[O-])N(O)c1ccccc1. The van der Waals surface area contributed by atoms with Gasteiger partial charge in [0.1, 0.15) is 0 Å². The first-order valence-electron chi connectivity index (χ1n) is 5.04. The van der Waals surface area contributed by atoms with Crippen molar-refractivity contribution in [1.82, 2.24) is 0 Å². The zero-order chi connectivity index (χ0) is 12.3. The minimum atomic E-state index is -0.734. The van der Waals surface area contributed by atoms with Crippen LogP contribution in [0.15, 0.2) is 54.6 Å². The lowest BCUT2D eigenvalue weighted by Crippen LogP contribution is -2.27. The number of nitrogens with zero attached hydrogens (tertiary/aromatic N) is 1. The molecule has 0 aliphatic carbocycles. The van der Waals surface area contributed by atoms with Crippen LogP contribution in [0.1, 0.15) is 10.4 Å². The lowest BCUT2D eigenvalue weighted by Gasteiger charge is -2.18. The Hall–Kier alpha value is -2.33. The Balaban J connectivity index is 2.30. The molecule has 86 valence electrons. The first kappa shape index (κ1) is 11.2. The van der Waals surface area contributed by atoms with Crippen molar-refractivity contribution in [3.8, 4) is 5.75 Å². The summed E-state index contributed by atoms with van der Waals surface area (Å²) in [6, 6.07) is 14.1. The van der Waals surface area contributed by atoms with E-state index in [9.17, 15) is 15.1 Å². The molecular formula is C13H10NO3-. The summed E-state index contributed by atoms with van der Waals surface area (Å²) in [5, 5.41) is 21.6. The normalized spacial score (nSPS) is 9.94. The second-order valence-electron chi connectivity index (χ2n) is 3.45. The summed E-state index contributed by atoms with van der Waals surface area (Å²) >= 11 is 0. The van der Waals surface area contributed by atoms with Gasteiger partial charge in [-0.25, -0.2) is 0 Å². The molecule has 2 aromatic rings. The van der Waals surface area contributed by atoms with Gasteiger partial charge in [0, 0.05) is 5.56 Å². The quantitative estimate of drug-likeness (QED) is 0.629. The highest BCUT2D eigenvalue weighted by Gasteiger charge is 2.15. The number of hydrogen-bond donors (Lipinski definition) is 1. The minimum Gasteiger partial charge on any atom is -0.872 e. The van der Waals surface area contributed by atoms with Crippen LogP contribution in [0.4, 0.5) is 5.69 Å². The predicted molar refractivity (Wildman–Crippen MR) is 60.9 cm³/mol. The van der Waals surface area contributed by atoms with Gasteiger partial charge in [-0.05, 0) is 18.2 Å². The maximum Gasteiger partial charge on any atom is 0.281 e. The van der Waals surface area contributed by atoms with Gasteiger partial charge in [-0.1, -0.05) is 42.1 Å². The highest BCUT2D eigenvalue weighted by atomic mass is 16.5. The number of benzene rings is 2. The van der Waals surface area contributed by atoms with Crippen LogP contribution >= 0.6 is 0 Å². The van der Waals surface area contributed by atoms with Gasteiger partial charge in [-0.15, -0.1) is 0 Å². The predicted octanol–water partition coefficient (Wildman–Crippen LogP) is 1.80. The van der Waals surface area contributed by atoms with E-state index in [1.54, 1.807) is 42.5 Å². The van der Waals surface area contributed by atoms with Crippen LogP contribution in [0.3, 0.4) is 0 Å². The molecule has 4 heteroatoms. The van der Waals surface area contributed by atoms with E-state index in [1.165, 1.54) is 12.1 Å². The van der Waals surface area contributed by atoms with Crippen LogP contribution in [0.25, 0.3) is 0 Å². The zero-order valence-corrected chi connectivity index (χ0v) is 8.91. The molecule has 2 aromatic carbocycles. The molecule has 0 atom stereocenters. The Morgan fingerprint density at radius 1 is 1.00 bits per heavy atom. The molecule has 0 aromatic heterocycles. The second-order valence-corrected chi connectivity index (χ2v) is 3.45. The summed E-state index contributed by atoms with van der Waals surface area (Å²) in [6.45, 7) is 0. The summed E-state index contributed by atoms with van der Waals surface area (Å²) in [5.74, 6) is -1.14. The number of amides is 1. The van der Waals surface area contributed by atoms with Gasteiger partial charge in [0.2, 0.25) is 0 Å². The summed E-state index contributed by atoms with van der Waals surface area (Å²) in [5.41, 5.74) is 0.264. The van der Waals surface area contributed by atoms with E-state index >= 15 is 0 Å². The average Bonchev–Trinajstić information content (AvgIpc) is 2.39. The lowest BCUT2D eigenvalue weighted by atomic mass is 10.2. The topological polar surface area (TPSA) is 63.6 Å². The Morgan fingerprint density at radius 2 is 1.59 bits per heavy atom. The molecule has 17 heavy (non-hydrogen) atoms. The van der Waals surface area contributed by atoms with Gasteiger partial charge in [0.15, 0.2) is 0 Å². The molecule has 0 radical (unpaired) electrons. The van der Waals surface area contributed by atoms with Crippen LogP contribution < -0.4 is 10.2 Å². The number of rotatable bonds is 2. The van der Waals surface area contributed by atoms with Gasteiger partial charge in [0.25, 0.3) is 5.91 Å². The fourth-order valence-corrected chi connectivity index (χ4v) is 1.44. The van der Waals surface area contributed by atoms with Gasteiger partial charge in [0.05, 0.1) is 5.69 Å². The molecule has 0 unspecified atom stereocenters. The van der Waals surface area contributed by atoms with Crippen molar-refractivity contribution in [2.45, 2.75) is 0 Å². The van der Waals surface area contributed by atoms with E-state index < -0.39 is 11.7 Å². The van der Waals surface area contributed by atoms with E-state index in [4.69, 9.17) is 0 Å². The number of anilines is 1. The highest BCUT2D eigenvalue weighted by molar-refractivity contribution is 6.06. The third-order valence-corrected chi connectivity index (χ3v) is 2.31. The molecule has 0 bridgehead atoms. The average molecular weight is 228 g/mol. The minimum absolute atomic E-state index is 0.0566. The first-order chi connectivity index (χ1) is 8.20. The molecule has 1 amide bonds. The van der Waals surface area contributed by atoms with Crippen molar-refractivity contribution in [2.75, 3.05) is 5.06 Å². The van der Waals surface area contributed by atoms with E-state index in [-0.39, 0.29) is 5.56 Å². The lowest BCUT2D eigenvalue weighted by molar-refractivity contribution is -0.268. The van der Waals surface area contributed by atoms with Crippen LogP contribution in [-0.2, 0) is 0 Å². The Bertz CT molecular complexity index is 525. The highest BCUT2D eigenvalue weighted by Crippen LogP contribution is 2.18. The standard InChI is InChI=1S/C13H11NO3/c15-12-9-5-4-8-11(12)13(16)14(17)10-6-2-1-3-7-10/h1-9,15,17H/p-1. The van der Waals surface area contributed by atoms with Crippen molar-refractivity contribution in [3.63, 3.8) is 0 Å². The van der Waals surface area contributed by atoms with Crippen LogP contribution in [0.2, 0.25) is 0 Å². The van der Waals surface area contributed by atoms with Gasteiger partial charge < -0.3 is 5.11 Å². The van der Waals surface area contributed by atoms with Gasteiger partial charge in [-0.2, -0.15) is 5.06 Å². The van der Waals surface area contributed by atoms with Crippen molar-refractivity contribution >= 4 is 11.6 Å². The zero-order valence-electron chi connectivity index (χ0n) is 8.91. The number of carbonyl (C=O) groups excluding carboxylic acids is 1. The summed E-state index contributed by atoms with van der Waals surface area (Å²) < 4.78 is 0. The molecule has 4 nitrogen and oxygen atoms in total. The number of carbonyl (C=O) groups is 1. The van der Waals surface area contributed by atoms with Gasteiger partial charge >= 0.3 is 0 Å². The fraction of sp³-hybridized carbons (Fsp3) is 0. The number of hydrogen-bond acceptors (Lipinski definition) is 3. The molecule has 0 spiro atoms. The number of para-hydroxylation sites is 2. The van der Waals surface area contributed by atoms with Crippen molar-refractivity contribution < 1.29 is 15.1 Å². The smallest absolute Gasteiger partial charge is 0.281 e. The van der Waals surface area contributed by atoms with E-state index in [1.807, 2.05) is 0 Å². The van der Waals surface area contributed by atoms with Crippen molar-refractivity contribution in [3.05, 3.63) is 60.2 Å². The molecule has 0 fully saturated rings. The molecule has 2 rings (SSSR count). The van der Waals surface area contributed by atoms with E-state index in [2.05, 4.69) is 0 Å². The van der Waals surface area contributed by atoms with Crippen molar-refractivity contribution in [2.24, 2.45) is 0 Å². The molecule has 0 heterocycles. The Labute approximate surface area is 98.3 Å². The molecule has 0 saturated heterocycles. The van der Waals surface area contributed by atoms with Gasteiger partial charge in [-0.3, -0.25) is 10.0 Å². The first-order valence-corrected chi connectivity index (χ1v) is 5.04. The third-order valence-electron chi connectivity index (χ3n) is 2.31. The molecule has 0 saturated carbocycles. The Morgan fingerprint density at radius 3 is 2.24 bits per heavy atom. The maximum absolute atomic E-state index is 11.8.